The Hall–Kier alpha value is -3.55. The molecule has 0 atom stereocenters. The third kappa shape index (κ3) is 4.07. The summed E-state index contributed by atoms with van der Waals surface area (Å²) < 4.78 is 11.4. The molecule has 0 radical (unpaired) electrons. The molecule has 5 heteroatoms. The number of benzene rings is 3. The number of Topliss-reactive ketones (excluding diaryl/α,β-unsaturated/α-hetero) is 1. The van der Waals surface area contributed by atoms with Crippen LogP contribution in [-0.2, 0) is 0 Å². The molecule has 0 unspecified atom stereocenters. The van der Waals surface area contributed by atoms with Gasteiger partial charge in [-0.2, -0.15) is 4.98 Å². The molecule has 0 saturated carbocycles. The van der Waals surface area contributed by atoms with Crippen LogP contribution in [0.25, 0.3) is 11.1 Å². The van der Waals surface area contributed by atoms with Gasteiger partial charge in [-0.05, 0) is 56.2 Å². The fourth-order valence-electron chi connectivity index (χ4n) is 3.06. The van der Waals surface area contributed by atoms with Crippen molar-refractivity contribution in [3.63, 3.8) is 0 Å². The second kappa shape index (κ2) is 8.06. The van der Waals surface area contributed by atoms with Crippen molar-refractivity contribution in [2.45, 2.75) is 20.8 Å². The Balaban J connectivity index is 1.65. The molecule has 0 saturated heterocycles. The summed E-state index contributed by atoms with van der Waals surface area (Å²) >= 11 is 6.38. The molecule has 0 fully saturated rings. The van der Waals surface area contributed by atoms with Crippen LogP contribution in [0.5, 0.6) is 11.8 Å². The van der Waals surface area contributed by atoms with Crippen LogP contribution >= 0.6 is 11.6 Å². The molecular formula is C25H18ClNO3. The van der Waals surface area contributed by atoms with Crippen molar-refractivity contribution < 1.29 is 13.9 Å². The molecule has 4 rings (SSSR count). The zero-order valence-corrected chi connectivity index (χ0v) is 17.5. The van der Waals surface area contributed by atoms with E-state index in [4.69, 9.17) is 20.8 Å². The minimum Gasteiger partial charge on any atom is -0.411 e. The monoisotopic (exact) mass is 415 g/mol. The van der Waals surface area contributed by atoms with Crippen molar-refractivity contribution in [1.29, 1.82) is 0 Å². The van der Waals surface area contributed by atoms with Gasteiger partial charge in [0.05, 0.1) is 5.02 Å². The highest BCUT2D eigenvalue weighted by Crippen LogP contribution is 2.30. The van der Waals surface area contributed by atoms with Crippen molar-refractivity contribution in [1.82, 2.24) is 4.98 Å². The molecule has 0 aliphatic carbocycles. The Morgan fingerprint density at radius 3 is 2.53 bits per heavy atom. The van der Waals surface area contributed by atoms with E-state index in [1.165, 1.54) is 6.92 Å². The fourth-order valence-corrected chi connectivity index (χ4v) is 3.26. The summed E-state index contributed by atoms with van der Waals surface area (Å²) in [5.41, 5.74) is 5.26. The second-order valence-electron chi connectivity index (χ2n) is 6.98. The molecule has 1 aromatic heterocycles. The van der Waals surface area contributed by atoms with E-state index in [2.05, 4.69) is 16.8 Å². The first-order chi connectivity index (χ1) is 14.4. The van der Waals surface area contributed by atoms with Crippen LogP contribution in [-0.4, -0.2) is 10.8 Å². The van der Waals surface area contributed by atoms with Crippen LogP contribution in [0, 0.1) is 25.7 Å². The SMILES string of the molecule is CC(=O)c1cc(Oc2nc3cc(C#Cc4ccccc4C)c(Cl)cc3o2)ccc1C. The number of ketones is 1. The number of hydrogen-bond acceptors (Lipinski definition) is 4. The van der Waals surface area contributed by atoms with Gasteiger partial charge in [0.15, 0.2) is 11.4 Å². The summed E-state index contributed by atoms with van der Waals surface area (Å²) in [6.07, 6.45) is 0.0726. The van der Waals surface area contributed by atoms with Crippen molar-refractivity contribution in [2.75, 3.05) is 0 Å². The van der Waals surface area contributed by atoms with Crippen LogP contribution in [0.15, 0.2) is 59.0 Å². The molecular weight excluding hydrogens is 398 g/mol. The fraction of sp³-hybridized carbons (Fsp3) is 0.120. The number of halogens is 1. The number of carbonyl (C=O) groups is 1. The number of aromatic nitrogens is 1. The first-order valence-corrected chi connectivity index (χ1v) is 9.75. The van der Waals surface area contributed by atoms with Gasteiger partial charge >= 0.3 is 6.08 Å². The third-order valence-electron chi connectivity index (χ3n) is 4.73. The minimum atomic E-state index is -0.0285. The quantitative estimate of drug-likeness (QED) is 0.283. The molecule has 0 aliphatic heterocycles. The van der Waals surface area contributed by atoms with E-state index in [9.17, 15) is 4.79 Å². The Kier molecular flexibility index (Phi) is 5.31. The smallest absolute Gasteiger partial charge is 0.400 e. The van der Waals surface area contributed by atoms with Crippen molar-refractivity contribution in [2.24, 2.45) is 0 Å². The number of carbonyl (C=O) groups excluding carboxylic acids is 1. The summed E-state index contributed by atoms with van der Waals surface area (Å²) in [5, 5.41) is 0.473. The van der Waals surface area contributed by atoms with Crippen molar-refractivity contribution in [3.8, 4) is 23.7 Å². The molecule has 0 spiro atoms. The Morgan fingerprint density at radius 1 is 1.00 bits per heavy atom. The van der Waals surface area contributed by atoms with Crippen LogP contribution in [0.1, 0.15) is 39.5 Å². The number of nitrogens with zero attached hydrogens (tertiary/aromatic N) is 1. The average Bonchev–Trinajstić information content (AvgIpc) is 3.09. The predicted molar refractivity (Wildman–Crippen MR) is 117 cm³/mol. The first kappa shape index (κ1) is 19.8. The molecule has 0 aliphatic rings. The molecule has 30 heavy (non-hydrogen) atoms. The van der Waals surface area contributed by atoms with Gasteiger partial charge in [0.1, 0.15) is 11.3 Å². The summed E-state index contributed by atoms with van der Waals surface area (Å²) in [4.78, 5) is 16.1. The molecule has 148 valence electrons. The van der Waals surface area contributed by atoms with Crippen molar-refractivity contribution >= 4 is 28.5 Å². The molecule has 0 bridgehead atoms. The molecule has 1 heterocycles. The van der Waals surface area contributed by atoms with Gasteiger partial charge in [-0.3, -0.25) is 4.79 Å². The highest BCUT2D eigenvalue weighted by molar-refractivity contribution is 6.32. The summed E-state index contributed by atoms with van der Waals surface area (Å²) in [6.45, 7) is 5.41. The van der Waals surface area contributed by atoms with E-state index >= 15 is 0 Å². The van der Waals surface area contributed by atoms with E-state index < -0.39 is 0 Å². The molecule has 3 aromatic carbocycles. The van der Waals surface area contributed by atoms with Crippen LogP contribution in [0.4, 0.5) is 0 Å². The maximum absolute atomic E-state index is 11.7. The zero-order chi connectivity index (χ0) is 21.3. The summed E-state index contributed by atoms with van der Waals surface area (Å²) in [6, 6.07) is 16.6. The van der Waals surface area contributed by atoms with Crippen LogP contribution < -0.4 is 4.74 Å². The summed E-state index contributed by atoms with van der Waals surface area (Å²) in [7, 11) is 0. The van der Waals surface area contributed by atoms with Gasteiger partial charge in [0.25, 0.3) is 0 Å². The topological polar surface area (TPSA) is 52.3 Å². The number of ether oxygens (including phenoxy) is 1. The molecule has 0 amide bonds. The lowest BCUT2D eigenvalue weighted by atomic mass is 10.1. The van der Waals surface area contributed by atoms with E-state index in [-0.39, 0.29) is 11.9 Å². The van der Waals surface area contributed by atoms with Gasteiger partial charge in [-0.25, -0.2) is 0 Å². The summed E-state index contributed by atoms with van der Waals surface area (Å²) in [5.74, 6) is 6.70. The lowest BCUT2D eigenvalue weighted by Gasteiger charge is -2.05. The Morgan fingerprint density at radius 2 is 1.77 bits per heavy atom. The highest BCUT2D eigenvalue weighted by atomic mass is 35.5. The third-order valence-corrected chi connectivity index (χ3v) is 5.04. The van der Waals surface area contributed by atoms with Gasteiger partial charge in [0.2, 0.25) is 0 Å². The highest BCUT2D eigenvalue weighted by Gasteiger charge is 2.13. The van der Waals surface area contributed by atoms with Crippen molar-refractivity contribution in [3.05, 3.63) is 87.4 Å². The van der Waals surface area contributed by atoms with E-state index in [1.807, 2.05) is 44.2 Å². The average molecular weight is 416 g/mol. The second-order valence-corrected chi connectivity index (χ2v) is 7.39. The van der Waals surface area contributed by atoms with Gasteiger partial charge in [0, 0.05) is 22.8 Å². The predicted octanol–water partition coefficient (Wildman–Crippen LogP) is 6.49. The van der Waals surface area contributed by atoms with E-state index in [1.54, 1.807) is 24.3 Å². The number of fused-ring (bicyclic) bond motifs is 1. The van der Waals surface area contributed by atoms with Gasteiger partial charge in [-0.15, -0.1) is 0 Å². The first-order valence-electron chi connectivity index (χ1n) is 9.38. The minimum absolute atomic E-state index is 0.0285. The molecule has 4 nitrogen and oxygen atoms in total. The molecule has 4 aromatic rings. The van der Waals surface area contributed by atoms with Gasteiger partial charge < -0.3 is 9.15 Å². The van der Waals surface area contributed by atoms with Crippen LogP contribution in [0.3, 0.4) is 0 Å². The maximum Gasteiger partial charge on any atom is 0.400 e. The lowest BCUT2D eigenvalue weighted by Crippen LogP contribution is -1.96. The largest absolute Gasteiger partial charge is 0.411 e. The number of aryl methyl sites for hydroxylation is 2. The standard InChI is InChI=1S/C25H18ClNO3/c1-15-6-4-5-7-18(15)9-10-19-12-23-24(14-22(19)26)30-25(27-23)29-20-11-8-16(2)21(13-20)17(3)28/h4-8,11-14H,1-3H3. The normalized spacial score (nSPS) is 10.5. The van der Waals surface area contributed by atoms with Crippen LogP contribution in [0.2, 0.25) is 5.02 Å². The van der Waals surface area contributed by atoms with E-state index in [0.717, 1.165) is 16.7 Å². The zero-order valence-electron chi connectivity index (χ0n) is 16.7. The Labute approximate surface area is 179 Å². The Bertz CT molecular complexity index is 1340. The number of hydrogen-bond donors (Lipinski definition) is 0. The lowest BCUT2D eigenvalue weighted by molar-refractivity contribution is 0.101. The van der Waals surface area contributed by atoms with Gasteiger partial charge in [-0.1, -0.05) is 47.7 Å². The van der Waals surface area contributed by atoms with E-state index in [0.29, 0.717) is 33.0 Å². The number of oxazole rings is 1. The molecule has 0 N–H and O–H groups in total. The maximum atomic E-state index is 11.7. The number of rotatable bonds is 3.